The van der Waals surface area contributed by atoms with Crippen molar-refractivity contribution in [3.8, 4) is 0 Å². The third-order valence-corrected chi connectivity index (χ3v) is 2.88. The first-order valence-electron chi connectivity index (χ1n) is 7.04. The predicted octanol–water partition coefficient (Wildman–Crippen LogP) is 2.59. The van der Waals surface area contributed by atoms with Crippen LogP contribution in [-0.2, 0) is 0 Å². The van der Waals surface area contributed by atoms with Crippen molar-refractivity contribution in [2.45, 2.75) is 40.2 Å². The van der Waals surface area contributed by atoms with Crippen molar-refractivity contribution in [1.29, 1.82) is 0 Å². The summed E-state index contributed by atoms with van der Waals surface area (Å²) < 4.78 is 0. The van der Waals surface area contributed by atoms with E-state index in [1.165, 1.54) is 6.07 Å². The maximum absolute atomic E-state index is 12.2. The largest absolute Gasteiger partial charge is 0.370 e. The van der Waals surface area contributed by atoms with E-state index >= 15 is 0 Å². The van der Waals surface area contributed by atoms with Crippen LogP contribution in [0.1, 0.15) is 44.5 Å². The van der Waals surface area contributed by atoms with Gasteiger partial charge in [0, 0.05) is 18.7 Å². The molecule has 0 aliphatic rings. The van der Waals surface area contributed by atoms with Crippen LogP contribution < -0.4 is 10.6 Å². The van der Waals surface area contributed by atoms with Crippen LogP contribution in [-0.4, -0.2) is 28.4 Å². The van der Waals surface area contributed by atoms with Crippen molar-refractivity contribution < 1.29 is 9.72 Å². The van der Waals surface area contributed by atoms with E-state index in [-0.39, 0.29) is 17.3 Å². The van der Waals surface area contributed by atoms with Gasteiger partial charge in [-0.05, 0) is 26.2 Å². The number of anilines is 1. The third kappa shape index (κ3) is 5.02. The lowest BCUT2D eigenvalue weighted by Gasteiger charge is -2.16. The lowest BCUT2D eigenvalue weighted by molar-refractivity contribution is -0.385. The molecular formula is C14H22N4O3. The summed E-state index contributed by atoms with van der Waals surface area (Å²) in [5.41, 5.74) is -0.257. The van der Waals surface area contributed by atoms with Crippen molar-refractivity contribution in [2.24, 2.45) is 5.92 Å². The Kier molecular flexibility index (Phi) is 6.08. The zero-order valence-corrected chi connectivity index (χ0v) is 12.8. The molecular weight excluding hydrogens is 272 g/mol. The molecule has 0 aromatic carbocycles. The fourth-order valence-electron chi connectivity index (χ4n) is 2.12. The zero-order valence-electron chi connectivity index (χ0n) is 12.8. The van der Waals surface area contributed by atoms with Gasteiger partial charge in [-0.15, -0.1) is 0 Å². The Morgan fingerprint density at radius 1 is 1.43 bits per heavy atom. The number of carbonyl (C=O) groups excluding carboxylic acids is 1. The standard InChI is InChI=1S/C14H22N4O3/c1-5-15-13-7-11(12(8-16-13)18(20)21)14(19)17-10(4)6-9(2)3/h7-10H,5-6H2,1-4H3,(H,15,16)(H,17,19). The highest BCUT2D eigenvalue weighted by Crippen LogP contribution is 2.20. The first-order valence-corrected chi connectivity index (χ1v) is 7.04. The Balaban J connectivity index is 2.99. The Hall–Kier alpha value is -2.18. The number of aromatic nitrogens is 1. The van der Waals surface area contributed by atoms with Crippen molar-refractivity contribution >= 4 is 17.4 Å². The fourth-order valence-corrected chi connectivity index (χ4v) is 2.12. The second-order valence-electron chi connectivity index (χ2n) is 5.38. The molecule has 1 heterocycles. The molecule has 7 heteroatoms. The molecule has 1 aromatic heterocycles. The summed E-state index contributed by atoms with van der Waals surface area (Å²) in [5.74, 6) is 0.436. The van der Waals surface area contributed by atoms with Gasteiger partial charge in [0.1, 0.15) is 17.6 Å². The maximum atomic E-state index is 12.2. The van der Waals surface area contributed by atoms with Crippen LogP contribution in [0.3, 0.4) is 0 Å². The van der Waals surface area contributed by atoms with Gasteiger partial charge in [0.15, 0.2) is 0 Å². The topological polar surface area (TPSA) is 97.2 Å². The van der Waals surface area contributed by atoms with Gasteiger partial charge in [0.25, 0.3) is 11.6 Å². The molecule has 1 unspecified atom stereocenters. The molecule has 0 radical (unpaired) electrons. The van der Waals surface area contributed by atoms with Crippen LogP contribution in [0.25, 0.3) is 0 Å². The van der Waals surface area contributed by atoms with E-state index in [4.69, 9.17) is 0 Å². The first kappa shape index (κ1) is 16.9. The molecule has 0 spiro atoms. The molecule has 0 fully saturated rings. The van der Waals surface area contributed by atoms with E-state index in [2.05, 4.69) is 29.5 Å². The van der Waals surface area contributed by atoms with Crippen molar-refractivity contribution in [3.05, 3.63) is 27.9 Å². The molecule has 1 amide bonds. The van der Waals surface area contributed by atoms with Crippen LogP contribution in [0.5, 0.6) is 0 Å². The molecule has 0 aliphatic carbocycles. The molecule has 0 saturated heterocycles. The highest BCUT2D eigenvalue weighted by molar-refractivity contribution is 5.98. The summed E-state index contributed by atoms with van der Waals surface area (Å²) in [7, 11) is 0. The molecule has 0 saturated carbocycles. The minimum atomic E-state index is -0.593. The summed E-state index contributed by atoms with van der Waals surface area (Å²) in [4.78, 5) is 26.6. The van der Waals surface area contributed by atoms with Crippen LogP contribution in [0.2, 0.25) is 0 Å². The number of pyridine rings is 1. The maximum Gasteiger partial charge on any atom is 0.300 e. The number of rotatable bonds is 7. The average molecular weight is 294 g/mol. The minimum absolute atomic E-state index is 0.0292. The summed E-state index contributed by atoms with van der Waals surface area (Å²) in [6.45, 7) is 8.50. The van der Waals surface area contributed by atoms with Crippen LogP contribution >= 0.6 is 0 Å². The molecule has 0 bridgehead atoms. The highest BCUT2D eigenvalue weighted by Gasteiger charge is 2.22. The second kappa shape index (κ2) is 7.56. The molecule has 2 N–H and O–H groups in total. The number of nitrogens with one attached hydrogen (secondary N) is 2. The van der Waals surface area contributed by atoms with Gasteiger partial charge in [0.2, 0.25) is 0 Å². The molecule has 1 atom stereocenters. The Morgan fingerprint density at radius 3 is 2.62 bits per heavy atom. The number of amides is 1. The van der Waals surface area contributed by atoms with Crippen LogP contribution in [0, 0.1) is 16.0 Å². The first-order chi connectivity index (χ1) is 9.85. The van der Waals surface area contributed by atoms with Crippen molar-refractivity contribution in [2.75, 3.05) is 11.9 Å². The minimum Gasteiger partial charge on any atom is -0.370 e. The van der Waals surface area contributed by atoms with E-state index in [0.717, 1.165) is 12.6 Å². The predicted molar refractivity (Wildman–Crippen MR) is 81.4 cm³/mol. The molecule has 21 heavy (non-hydrogen) atoms. The average Bonchev–Trinajstić information content (AvgIpc) is 2.37. The number of hydrogen-bond donors (Lipinski definition) is 2. The summed E-state index contributed by atoms with van der Waals surface area (Å²) in [5, 5.41) is 16.8. The quantitative estimate of drug-likeness (QED) is 0.595. The lowest BCUT2D eigenvalue weighted by atomic mass is 10.0. The second-order valence-corrected chi connectivity index (χ2v) is 5.38. The molecule has 1 rings (SSSR count). The summed E-state index contributed by atoms with van der Waals surface area (Å²) >= 11 is 0. The fraction of sp³-hybridized carbons (Fsp3) is 0.571. The van der Waals surface area contributed by atoms with Gasteiger partial charge in [-0.25, -0.2) is 4.98 Å². The number of nitro groups is 1. The monoisotopic (exact) mass is 294 g/mol. The number of hydrogen-bond acceptors (Lipinski definition) is 5. The third-order valence-electron chi connectivity index (χ3n) is 2.88. The number of nitrogens with zero attached hydrogens (tertiary/aromatic N) is 2. The smallest absolute Gasteiger partial charge is 0.300 e. The van der Waals surface area contributed by atoms with Gasteiger partial charge < -0.3 is 10.6 Å². The Morgan fingerprint density at radius 2 is 2.10 bits per heavy atom. The summed E-state index contributed by atoms with van der Waals surface area (Å²) in [6, 6.07) is 1.37. The zero-order chi connectivity index (χ0) is 16.0. The van der Waals surface area contributed by atoms with Crippen LogP contribution in [0.15, 0.2) is 12.3 Å². The van der Waals surface area contributed by atoms with E-state index in [1.807, 2.05) is 13.8 Å². The van der Waals surface area contributed by atoms with Crippen molar-refractivity contribution in [1.82, 2.24) is 10.3 Å². The SMILES string of the molecule is CCNc1cc(C(=O)NC(C)CC(C)C)c([N+](=O)[O-])cn1. The van der Waals surface area contributed by atoms with Crippen LogP contribution in [0.4, 0.5) is 11.5 Å². The van der Waals surface area contributed by atoms with Gasteiger partial charge >= 0.3 is 0 Å². The Bertz CT molecular complexity index is 517. The number of carbonyl (C=O) groups is 1. The summed E-state index contributed by atoms with van der Waals surface area (Å²) in [6.07, 6.45) is 1.92. The van der Waals surface area contributed by atoms with E-state index in [1.54, 1.807) is 0 Å². The van der Waals surface area contributed by atoms with E-state index < -0.39 is 10.8 Å². The van der Waals surface area contributed by atoms with Gasteiger partial charge in [-0.2, -0.15) is 0 Å². The molecule has 1 aromatic rings. The van der Waals surface area contributed by atoms with E-state index in [9.17, 15) is 14.9 Å². The molecule has 0 aliphatic heterocycles. The van der Waals surface area contributed by atoms with Gasteiger partial charge in [-0.3, -0.25) is 14.9 Å². The Labute approximate surface area is 124 Å². The molecule has 116 valence electrons. The highest BCUT2D eigenvalue weighted by atomic mass is 16.6. The van der Waals surface area contributed by atoms with E-state index in [0.29, 0.717) is 18.3 Å². The lowest BCUT2D eigenvalue weighted by Crippen LogP contribution is -2.34. The normalized spacial score (nSPS) is 12.0. The van der Waals surface area contributed by atoms with Gasteiger partial charge in [0.05, 0.1) is 4.92 Å². The molecule has 7 nitrogen and oxygen atoms in total. The van der Waals surface area contributed by atoms with Crippen molar-refractivity contribution in [3.63, 3.8) is 0 Å². The van der Waals surface area contributed by atoms with Gasteiger partial charge in [-0.1, -0.05) is 13.8 Å².